The predicted octanol–water partition coefficient (Wildman–Crippen LogP) is 3.68. The first-order chi connectivity index (χ1) is 12.4. The molecule has 0 saturated carbocycles. The summed E-state index contributed by atoms with van der Waals surface area (Å²) < 4.78 is 6.10. The van der Waals surface area contributed by atoms with Gasteiger partial charge in [-0.25, -0.2) is 0 Å². The Balaban J connectivity index is 1.68. The molecule has 1 N–H and O–H groups in total. The summed E-state index contributed by atoms with van der Waals surface area (Å²) in [6.07, 6.45) is 3.21. The Kier molecular flexibility index (Phi) is 7.04. The van der Waals surface area contributed by atoms with Gasteiger partial charge in [0.2, 0.25) is 0 Å². The van der Waals surface area contributed by atoms with Crippen LogP contribution in [0.15, 0.2) is 60.7 Å². The van der Waals surface area contributed by atoms with Gasteiger partial charge in [0.05, 0.1) is 12.7 Å². The fraction of sp³-hybridized carbons (Fsp3) is 0.455. The fourth-order valence-electron chi connectivity index (χ4n) is 3.67. The summed E-state index contributed by atoms with van der Waals surface area (Å²) >= 11 is 0. The zero-order valence-corrected chi connectivity index (χ0v) is 14.9. The molecule has 3 heteroatoms. The minimum atomic E-state index is 0.258. The first-order valence-corrected chi connectivity index (χ1v) is 9.41. The molecule has 0 aliphatic carbocycles. The van der Waals surface area contributed by atoms with Crippen molar-refractivity contribution < 1.29 is 9.84 Å². The van der Waals surface area contributed by atoms with Crippen LogP contribution in [0.1, 0.15) is 36.3 Å². The van der Waals surface area contributed by atoms with Crippen molar-refractivity contribution in [3.05, 3.63) is 71.8 Å². The number of nitrogens with zero attached hydrogens (tertiary/aromatic N) is 1. The van der Waals surface area contributed by atoms with Gasteiger partial charge in [0.15, 0.2) is 0 Å². The first-order valence-electron chi connectivity index (χ1n) is 9.41. The number of benzene rings is 2. The summed E-state index contributed by atoms with van der Waals surface area (Å²) in [6, 6.07) is 21.5. The molecule has 1 fully saturated rings. The van der Waals surface area contributed by atoms with Crippen LogP contribution in [0.3, 0.4) is 0 Å². The predicted molar refractivity (Wildman–Crippen MR) is 102 cm³/mol. The summed E-state index contributed by atoms with van der Waals surface area (Å²) in [7, 11) is 0. The molecular formula is C22H29NO2. The van der Waals surface area contributed by atoms with Gasteiger partial charge in [-0.1, -0.05) is 60.7 Å². The Morgan fingerprint density at radius 3 is 2.20 bits per heavy atom. The van der Waals surface area contributed by atoms with Crippen molar-refractivity contribution in [2.45, 2.75) is 31.3 Å². The monoisotopic (exact) mass is 339 g/mol. The van der Waals surface area contributed by atoms with E-state index in [-0.39, 0.29) is 12.7 Å². The van der Waals surface area contributed by atoms with Crippen LogP contribution in [-0.2, 0) is 4.74 Å². The Hall–Kier alpha value is -1.68. The van der Waals surface area contributed by atoms with E-state index in [1.54, 1.807) is 0 Å². The maximum Gasteiger partial charge on any atom is 0.0711 e. The van der Waals surface area contributed by atoms with Gasteiger partial charge in [0, 0.05) is 25.6 Å². The zero-order chi connectivity index (χ0) is 17.3. The molecule has 0 unspecified atom stereocenters. The molecule has 0 bridgehead atoms. The third kappa shape index (κ3) is 5.40. The Morgan fingerprint density at radius 2 is 1.60 bits per heavy atom. The van der Waals surface area contributed by atoms with Crippen molar-refractivity contribution in [1.29, 1.82) is 0 Å². The molecule has 3 rings (SSSR count). The molecule has 3 nitrogen and oxygen atoms in total. The Bertz CT molecular complexity index is 562. The summed E-state index contributed by atoms with van der Waals surface area (Å²) in [5.41, 5.74) is 2.71. The van der Waals surface area contributed by atoms with Gasteiger partial charge in [-0.15, -0.1) is 0 Å². The molecule has 1 heterocycles. The topological polar surface area (TPSA) is 32.7 Å². The molecule has 0 aromatic heterocycles. The van der Waals surface area contributed by atoms with Crippen molar-refractivity contribution in [1.82, 2.24) is 4.90 Å². The number of aliphatic hydroxyl groups is 1. The molecule has 1 atom stereocenters. The lowest BCUT2D eigenvalue weighted by molar-refractivity contribution is -0.0342. The van der Waals surface area contributed by atoms with E-state index >= 15 is 0 Å². The van der Waals surface area contributed by atoms with Gasteiger partial charge in [-0.2, -0.15) is 0 Å². The van der Waals surface area contributed by atoms with Crippen molar-refractivity contribution >= 4 is 0 Å². The van der Waals surface area contributed by atoms with Crippen molar-refractivity contribution in [2.75, 3.05) is 32.8 Å². The van der Waals surface area contributed by atoms with E-state index in [2.05, 4.69) is 65.6 Å². The highest BCUT2D eigenvalue weighted by Gasteiger charge is 2.25. The average Bonchev–Trinajstić information content (AvgIpc) is 2.68. The maximum absolute atomic E-state index is 8.98. The second kappa shape index (κ2) is 9.71. The van der Waals surface area contributed by atoms with Gasteiger partial charge in [-0.05, 0) is 36.9 Å². The Labute approximate surface area is 151 Å². The summed E-state index contributed by atoms with van der Waals surface area (Å²) in [4.78, 5) is 2.48. The standard InChI is InChI=1S/C22H29NO2/c24-15-8-7-13-23-14-16-25-21(18-23)17-22(19-9-3-1-4-10-19)20-11-5-2-6-12-20/h1-6,9-12,21-22,24H,7-8,13-18H2/t21-/m0/s1. The summed E-state index contributed by atoms with van der Waals surface area (Å²) in [5, 5.41) is 8.98. The van der Waals surface area contributed by atoms with Crippen LogP contribution < -0.4 is 0 Å². The van der Waals surface area contributed by atoms with Gasteiger partial charge in [0.1, 0.15) is 0 Å². The second-order valence-corrected chi connectivity index (χ2v) is 6.83. The van der Waals surface area contributed by atoms with E-state index in [9.17, 15) is 0 Å². The minimum Gasteiger partial charge on any atom is -0.396 e. The van der Waals surface area contributed by atoms with E-state index in [1.165, 1.54) is 11.1 Å². The molecular weight excluding hydrogens is 310 g/mol. The molecule has 0 amide bonds. The number of rotatable bonds is 8. The van der Waals surface area contributed by atoms with Gasteiger partial charge in [0.25, 0.3) is 0 Å². The fourth-order valence-corrected chi connectivity index (χ4v) is 3.67. The molecule has 25 heavy (non-hydrogen) atoms. The zero-order valence-electron chi connectivity index (χ0n) is 14.9. The molecule has 0 spiro atoms. The lowest BCUT2D eigenvalue weighted by Crippen LogP contribution is -2.43. The highest BCUT2D eigenvalue weighted by atomic mass is 16.5. The molecule has 1 saturated heterocycles. The summed E-state index contributed by atoms with van der Waals surface area (Å²) in [6.45, 7) is 4.14. The molecule has 1 aliphatic rings. The summed E-state index contributed by atoms with van der Waals surface area (Å²) in [5.74, 6) is 0.366. The van der Waals surface area contributed by atoms with Gasteiger partial charge >= 0.3 is 0 Å². The van der Waals surface area contributed by atoms with E-state index in [0.717, 1.165) is 45.5 Å². The molecule has 0 radical (unpaired) electrons. The molecule has 1 aliphatic heterocycles. The van der Waals surface area contributed by atoms with Crippen LogP contribution in [0.5, 0.6) is 0 Å². The van der Waals surface area contributed by atoms with Crippen LogP contribution in [0.25, 0.3) is 0 Å². The van der Waals surface area contributed by atoms with E-state index in [1.807, 2.05) is 0 Å². The number of unbranched alkanes of at least 4 members (excludes halogenated alkanes) is 1. The Morgan fingerprint density at radius 1 is 0.960 bits per heavy atom. The first kappa shape index (κ1) is 18.1. The minimum absolute atomic E-state index is 0.258. The molecule has 134 valence electrons. The lowest BCUT2D eigenvalue weighted by atomic mass is 9.86. The molecule has 2 aromatic carbocycles. The van der Waals surface area contributed by atoms with E-state index in [4.69, 9.17) is 9.84 Å². The van der Waals surface area contributed by atoms with E-state index in [0.29, 0.717) is 5.92 Å². The highest BCUT2D eigenvalue weighted by molar-refractivity contribution is 5.32. The van der Waals surface area contributed by atoms with Gasteiger partial charge in [-0.3, -0.25) is 4.90 Å². The second-order valence-electron chi connectivity index (χ2n) is 6.83. The van der Waals surface area contributed by atoms with Crippen molar-refractivity contribution in [3.63, 3.8) is 0 Å². The highest BCUT2D eigenvalue weighted by Crippen LogP contribution is 2.30. The normalized spacial score (nSPS) is 18.6. The molecule has 2 aromatic rings. The number of ether oxygens (including phenoxy) is 1. The van der Waals surface area contributed by atoms with E-state index < -0.39 is 0 Å². The lowest BCUT2D eigenvalue weighted by Gasteiger charge is -2.35. The smallest absolute Gasteiger partial charge is 0.0711 e. The SMILES string of the molecule is OCCCCN1CCO[C@@H](CC(c2ccccc2)c2ccccc2)C1. The van der Waals surface area contributed by atoms with Crippen molar-refractivity contribution in [3.8, 4) is 0 Å². The van der Waals surface area contributed by atoms with Crippen LogP contribution in [-0.4, -0.2) is 49.0 Å². The number of hydrogen-bond donors (Lipinski definition) is 1. The van der Waals surface area contributed by atoms with Crippen LogP contribution >= 0.6 is 0 Å². The maximum atomic E-state index is 8.98. The third-order valence-electron chi connectivity index (χ3n) is 5.01. The third-order valence-corrected chi connectivity index (χ3v) is 5.01. The van der Waals surface area contributed by atoms with Crippen LogP contribution in [0.2, 0.25) is 0 Å². The van der Waals surface area contributed by atoms with Crippen LogP contribution in [0, 0.1) is 0 Å². The van der Waals surface area contributed by atoms with Crippen LogP contribution in [0.4, 0.5) is 0 Å². The van der Waals surface area contributed by atoms with Crippen molar-refractivity contribution in [2.24, 2.45) is 0 Å². The number of aliphatic hydroxyl groups excluding tert-OH is 1. The number of hydrogen-bond acceptors (Lipinski definition) is 3. The number of morpholine rings is 1. The quantitative estimate of drug-likeness (QED) is 0.745. The average molecular weight is 339 g/mol. The van der Waals surface area contributed by atoms with Gasteiger partial charge < -0.3 is 9.84 Å². The largest absolute Gasteiger partial charge is 0.396 e.